The Labute approximate surface area is 141 Å². The summed E-state index contributed by atoms with van der Waals surface area (Å²) in [6.45, 7) is 3.52. The summed E-state index contributed by atoms with van der Waals surface area (Å²) in [5.74, 6) is -0.696. The van der Waals surface area contributed by atoms with Gasteiger partial charge in [-0.05, 0) is 31.4 Å². The van der Waals surface area contributed by atoms with Crippen LogP contribution in [0.3, 0.4) is 0 Å². The number of esters is 1. The van der Waals surface area contributed by atoms with Crippen molar-refractivity contribution < 1.29 is 14.3 Å². The van der Waals surface area contributed by atoms with E-state index in [2.05, 4.69) is 4.98 Å². The lowest BCUT2D eigenvalue weighted by molar-refractivity contribution is 0.0475. The molecule has 0 aliphatic heterocycles. The maximum absolute atomic E-state index is 12.4. The molecule has 0 saturated heterocycles. The minimum absolute atomic E-state index is 0.218. The highest BCUT2D eigenvalue weighted by molar-refractivity contribution is 7.12. The number of Topliss-reactive ketones (excluding diaryl/α,β-unsaturated/α-hetero) is 1. The Balaban J connectivity index is 1.76. The van der Waals surface area contributed by atoms with Gasteiger partial charge in [0.1, 0.15) is 0 Å². The molecule has 0 spiro atoms. The van der Waals surface area contributed by atoms with Crippen molar-refractivity contribution in [1.29, 1.82) is 0 Å². The molecule has 0 saturated carbocycles. The van der Waals surface area contributed by atoms with Gasteiger partial charge in [0.2, 0.25) is 5.78 Å². The standard InChI is InChI=1S/C16H14N2O3S2/c1-10-7-13(11(2)18(10)16-17-4-6-23-16)14(19)8-21-15(20)12-3-5-22-9-12/h3-7,9H,8H2,1-2H3. The van der Waals surface area contributed by atoms with E-state index in [1.807, 2.05) is 23.8 Å². The van der Waals surface area contributed by atoms with Gasteiger partial charge in [-0.15, -0.1) is 11.3 Å². The minimum atomic E-state index is -0.478. The van der Waals surface area contributed by atoms with Crippen LogP contribution in [0.25, 0.3) is 5.13 Å². The summed E-state index contributed by atoms with van der Waals surface area (Å²) >= 11 is 2.91. The van der Waals surface area contributed by atoms with Crippen LogP contribution >= 0.6 is 22.7 Å². The Hall–Kier alpha value is -2.25. The first kappa shape index (κ1) is 15.6. The summed E-state index contributed by atoms with van der Waals surface area (Å²) in [5.41, 5.74) is 2.74. The lowest BCUT2D eigenvalue weighted by atomic mass is 10.1. The molecule has 0 N–H and O–H groups in total. The maximum atomic E-state index is 12.4. The van der Waals surface area contributed by atoms with Crippen LogP contribution in [0.1, 0.15) is 32.1 Å². The van der Waals surface area contributed by atoms with Crippen LogP contribution in [0.15, 0.2) is 34.5 Å². The first-order chi connectivity index (χ1) is 11.1. The Kier molecular flexibility index (Phi) is 4.40. The second-order valence-corrected chi connectivity index (χ2v) is 6.60. The fraction of sp³-hybridized carbons (Fsp3) is 0.188. The number of hydrogen-bond acceptors (Lipinski definition) is 6. The average Bonchev–Trinajstić information content (AvgIpc) is 3.25. The van der Waals surface area contributed by atoms with Crippen molar-refractivity contribution in [2.75, 3.05) is 6.61 Å². The molecule has 0 aliphatic carbocycles. The van der Waals surface area contributed by atoms with Gasteiger partial charge in [0, 0.05) is 33.9 Å². The molecule has 0 fully saturated rings. The van der Waals surface area contributed by atoms with Gasteiger partial charge < -0.3 is 4.74 Å². The van der Waals surface area contributed by atoms with Gasteiger partial charge >= 0.3 is 5.97 Å². The summed E-state index contributed by atoms with van der Waals surface area (Å²) in [4.78, 5) is 28.4. The Morgan fingerprint density at radius 2 is 2.13 bits per heavy atom. The van der Waals surface area contributed by atoms with E-state index in [9.17, 15) is 9.59 Å². The third-order valence-electron chi connectivity index (χ3n) is 3.43. The lowest BCUT2D eigenvalue weighted by Gasteiger charge is -2.06. The van der Waals surface area contributed by atoms with E-state index in [1.54, 1.807) is 29.1 Å². The van der Waals surface area contributed by atoms with Crippen molar-refractivity contribution in [2.45, 2.75) is 13.8 Å². The molecule has 0 aliphatic rings. The van der Waals surface area contributed by atoms with E-state index < -0.39 is 5.97 Å². The van der Waals surface area contributed by atoms with E-state index in [4.69, 9.17) is 4.74 Å². The van der Waals surface area contributed by atoms with Crippen LogP contribution in [-0.4, -0.2) is 27.9 Å². The zero-order valence-corrected chi connectivity index (χ0v) is 14.2. The molecule has 3 aromatic rings. The summed E-state index contributed by atoms with van der Waals surface area (Å²) in [6, 6.07) is 3.48. The largest absolute Gasteiger partial charge is 0.454 e. The summed E-state index contributed by atoms with van der Waals surface area (Å²) in [6.07, 6.45) is 1.73. The second-order valence-electron chi connectivity index (χ2n) is 4.95. The van der Waals surface area contributed by atoms with Gasteiger partial charge in [0.05, 0.1) is 5.56 Å². The van der Waals surface area contributed by atoms with Crippen LogP contribution in [0.2, 0.25) is 0 Å². The van der Waals surface area contributed by atoms with Gasteiger partial charge in [-0.3, -0.25) is 9.36 Å². The molecule has 3 heterocycles. The number of hydrogen-bond donors (Lipinski definition) is 0. The number of thiophene rings is 1. The number of aryl methyl sites for hydroxylation is 1. The van der Waals surface area contributed by atoms with Crippen LogP contribution in [0, 0.1) is 13.8 Å². The number of thiazole rings is 1. The molecule has 3 rings (SSSR count). The molecule has 0 amide bonds. The van der Waals surface area contributed by atoms with Crippen molar-refractivity contribution in [3.8, 4) is 5.13 Å². The second kappa shape index (κ2) is 6.47. The first-order valence-corrected chi connectivity index (χ1v) is 8.71. The highest BCUT2D eigenvalue weighted by Gasteiger charge is 2.19. The molecule has 0 aromatic carbocycles. The van der Waals surface area contributed by atoms with Gasteiger partial charge in [0.25, 0.3) is 0 Å². The lowest BCUT2D eigenvalue weighted by Crippen LogP contribution is -2.14. The molecule has 0 atom stereocenters. The number of nitrogens with zero attached hydrogens (tertiary/aromatic N) is 2. The van der Waals surface area contributed by atoms with Gasteiger partial charge in [-0.25, -0.2) is 9.78 Å². The SMILES string of the molecule is Cc1cc(C(=O)COC(=O)c2ccsc2)c(C)n1-c1nccs1. The third-order valence-corrected chi connectivity index (χ3v) is 4.87. The highest BCUT2D eigenvalue weighted by Crippen LogP contribution is 2.22. The van der Waals surface area contributed by atoms with Gasteiger partial charge in [-0.2, -0.15) is 11.3 Å². The average molecular weight is 346 g/mol. The number of carbonyl (C=O) groups is 2. The van der Waals surface area contributed by atoms with Gasteiger partial charge in [0.15, 0.2) is 11.7 Å². The summed E-state index contributed by atoms with van der Waals surface area (Å²) in [7, 11) is 0. The smallest absolute Gasteiger partial charge is 0.339 e. The van der Waals surface area contributed by atoms with Crippen molar-refractivity contribution in [3.05, 3.63) is 57.0 Å². The van der Waals surface area contributed by atoms with E-state index in [0.717, 1.165) is 16.5 Å². The topological polar surface area (TPSA) is 61.2 Å². The van der Waals surface area contributed by atoms with Crippen LogP contribution in [0.5, 0.6) is 0 Å². The van der Waals surface area contributed by atoms with Crippen LogP contribution < -0.4 is 0 Å². The predicted molar refractivity (Wildman–Crippen MR) is 89.8 cm³/mol. The molecule has 0 unspecified atom stereocenters. The molecule has 7 heteroatoms. The molecule has 5 nitrogen and oxygen atoms in total. The quantitative estimate of drug-likeness (QED) is 0.522. The fourth-order valence-corrected chi connectivity index (χ4v) is 3.72. The molecular formula is C16H14N2O3S2. The van der Waals surface area contributed by atoms with Gasteiger partial charge in [-0.1, -0.05) is 0 Å². The molecule has 118 valence electrons. The number of carbonyl (C=O) groups excluding carboxylic acids is 2. The van der Waals surface area contributed by atoms with Crippen molar-refractivity contribution in [1.82, 2.24) is 9.55 Å². The number of rotatable bonds is 5. The maximum Gasteiger partial charge on any atom is 0.339 e. The normalized spacial score (nSPS) is 10.7. The predicted octanol–water partition coefficient (Wildman–Crippen LogP) is 3.65. The fourth-order valence-electron chi connectivity index (χ4n) is 2.34. The summed E-state index contributed by atoms with van der Waals surface area (Å²) < 4.78 is 7.02. The number of ketones is 1. The molecule has 3 aromatic heterocycles. The Morgan fingerprint density at radius 3 is 2.78 bits per heavy atom. The Bertz CT molecular complexity index is 833. The summed E-state index contributed by atoms with van der Waals surface area (Å²) in [5, 5.41) is 6.19. The monoisotopic (exact) mass is 346 g/mol. The van der Waals surface area contributed by atoms with Crippen molar-refractivity contribution in [2.24, 2.45) is 0 Å². The molecule has 23 heavy (non-hydrogen) atoms. The Morgan fingerprint density at radius 1 is 1.30 bits per heavy atom. The minimum Gasteiger partial charge on any atom is -0.454 e. The highest BCUT2D eigenvalue weighted by atomic mass is 32.1. The number of ether oxygens (including phenoxy) is 1. The van der Waals surface area contributed by atoms with E-state index in [0.29, 0.717) is 11.1 Å². The zero-order chi connectivity index (χ0) is 16.4. The van der Waals surface area contributed by atoms with Crippen molar-refractivity contribution in [3.63, 3.8) is 0 Å². The van der Waals surface area contributed by atoms with E-state index in [-0.39, 0.29) is 12.4 Å². The number of aromatic nitrogens is 2. The van der Waals surface area contributed by atoms with E-state index >= 15 is 0 Å². The first-order valence-electron chi connectivity index (χ1n) is 6.89. The van der Waals surface area contributed by atoms with E-state index in [1.165, 1.54) is 22.7 Å². The zero-order valence-electron chi connectivity index (χ0n) is 12.6. The van der Waals surface area contributed by atoms with Crippen LogP contribution in [-0.2, 0) is 4.74 Å². The van der Waals surface area contributed by atoms with Crippen LogP contribution in [0.4, 0.5) is 0 Å². The third kappa shape index (κ3) is 3.11. The van der Waals surface area contributed by atoms with Crippen molar-refractivity contribution >= 4 is 34.4 Å². The molecule has 0 bridgehead atoms. The molecule has 0 radical (unpaired) electrons. The molecular weight excluding hydrogens is 332 g/mol.